The van der Waals surface area contributed by atoms with Gasteiger partial charge >= 0.3 is 0 Å². The number of benzene rings is 1. The normalized spacial score (nSPS) is 13.1. The Labute approximate surface area is 97.4 Å². The Kier molecular flexibility index (Phi) is 5.20. The van der Waals surface area contributed by atoms with Crippen LogP contribution in [0.5, 0.6) is 0 Å². The van der Waals surface area contributed by atoms with Crippen molar-refractivity contribution in [3.63, 3.8) is 0 Å². The highest BCUT2D eigenvalue weighted by atomic mass is 32.2. The maximum Gasteiger partial charge on any atom is 0.0277 e. The molecule has 1 aromatic rings. The van der Waals surface area contributed by atoms with Gasteiger partial charge in [0.25, 0.3) is 0 Å². The smallest absolute Gasteiger partial charge is 0.0277 e. The van der Waals surface area contributed by atoms with Gasteiger partial charge in [0.1, 0.15) is 0 Å². The van der Waals surface area contributed by atoms with Gasteiger partial charge in [-0.3, -0.25) is 0 Å². The lowest BCUT2D eigenvalue weighted by atomic mass is 10.1. The van der Waals surface area contributed by atoms with E-state index in [1.165, 1.54) is 22.6 Å². The van der Waals surface area contributed by atoms with Gasteiger partial charge in [-0.15, -0.1) is 11.8 Å². The van der Waals surface area contributed by atoms with E-state index in [-0.39, 0.29) is 6.04 Å². The lowest BCUT2D eigenvalue weighted by Crippen LogP contribution is -2.06. The fourth-order valence-electron chi connectivity index (χ4n) is 1.39. The fraction of sp³-hybridized carbons (Fsp3) is 0.538. The number of hydrogen-bond acceptors (Lipinski definition) is 2. The summed E-state index contributed by atoms with van der Waals surface area (Å²) < 4.78 is 0. The molecule has 0 fully saturated rings. The molecule has 0 aromatic heterocycles. The van der Waals surface area contributed by atoms with Crippen LogP contribution in [0.25, 0.3) is 0 Å². The van der Waals surface area contributed by atoms with Crippen LogP contribution >= 0.6 is 11.8 Å². The minimum atomic E-state index is 0.132. The highest BCUT2D eigenvalue weighted by Gasteiger charge is 2.06. The zero-order chi connectivity index (χ0) is 11.3. The number of rotatable bonds is 5. The second kappa shape index (κ2) is 6.19. The highest BCUT2D eigenvalue weighted by Crippen LogP contribution is 2.27. The molecular weight excluding hydrogens is 202 g/mol. The molecule has 0 aliphatic heterocycles. The van der Waals surface area contributed by atoms with Crippen LogP contribution in [0.15, 0.2) is 29.2 Å². The van der Waals surface area contributed by atoms with E-state index in [2.05, 4.69) is 38.1 Å². The van der Waals surface area contributed by atoms with E-state index in [0.29, 0.717) is 0 Å². The summed E-state index contributed by atoms with van der Waals surface area (Å²) in [6.07, 6.45) is 1.26. The van der Waals surface area contributed by atoms with Crippen molar-refractivity contribution in [1.82, 2.24) is 0 Å². The molecule has 2 heteroatoms. The topological polar surface area (TPSA) is 26.0 Å². The number of nitrogens with two attached hydrogens (primary N) is 1. The van der Waals surface area contributed by atoms with Gasteiger partial charge in [0.2, 0.25) is 0 Å². The lowest BCUT2D eigenvalue weighted by Gasteiger charge is -2.12. The van der Waals surface area contributed by atoms with Crippen molar-refractivity contribution in [3.8, 4) is 0 Å². The third-order valence-electron chi connectivity index (χ3n) is 2.36. The molecule has 0 radical (unpaired) electrons. The summed E-state index contributed by atoms with van der Waals surface area (Å²) in [6, 6.07) is 8.58. The van der Waals surface area contributed by atoms with Crippen LogP contribution in [0.3, 0.4) is 0 Å². The maximum atomic E-state index is 5.93. The summed E-state index contributed by atoms with van der Waals surface area (Å²) in [4.78, 5) is 1.34. The highest BCUT2D eigenvalue weighted by molar-refractivity contribution is 7.99. The fourth-order valence-corrected chi connectivity index (χ4v) is 2.80. The molecule has 1 nitrogen and oxygen atoms in total. The van der Waals surface area contributed by atoms with Crippen LogP contribution in [0, 0.1) is 5.92 Å². The van der Waals surface area contributed by atoms with Gasteiger partial charge in [-0.2, -0.15) is 0 Å². The molecule has 15 heavy (non-hydrogen) atoms. The van der Waals surface area contributed by atoms with E-state index >= 15 is 0 Å². The van der Waals surface area contributed by atoms with Gasteiger partial charge in [-0.05, 0) is 36.6 Å². The van der Waals surface area contributed by atoms with Gasteiger partial charge in [-0.25, -0.2) is 0 Å². The van der Waals surface area contributed by atoms with Crippen LogP contribution in [-0.2, 0) is 0 Å². The summed E-state index contributed by atoms with van der Waals surface area (Å²) in [5.41, 5.74) is 7.20. The first-order chi connectivity index (χ1) is 7.11. The van der Waals surface area contributed by atoms with Gasteiger partial charge in [0.05, 0.1) is 0 Å². The summed E-state index contributed by atoms with van der Waals surface area (Å²) in [5.74, 6) is 1.96. The van der Waals surface area contributed by atoms with E-state index in [4.69, 9.17) is 5.73 Å². The largest absolute Gasteiger partial charge is 0.324 e. The average molecular weight is 223 g/mol. The lowest BCUT2D eigenvalue weighted by molar-refractivity contribution is 0.632. The number of hydrogen-bond donors (Lipinski definition) is 1. The first-order valence-corrected chi connectivity index (χ1v) is 6.57. The average Bonchev–Trinajstić information content (AvgIpc) is 2.17. The molecule has 84 valence electrons. The van der Waals surface area contributed by atoms with Crippen molar-refractivity contribution in [2.75, 3.05) is 5.75 Å². The minimum Gasteiger partial charge on any atom is -0.324 e. The molecule has 0 saturated heterocycles. The molecule has 0 amide bonds. The zero-order valence-corrected chi connectivity index (χ0v) is 10.7. The molecule has 0 bridgehead atoms. The first-order valence-electron chi connectivity index (χ1n) is 5.58. The Morgan fingerprint density at radius 2 is 1.87 bits per heavy atom. The van der Waals surface area contributed by atoms with Gasteiger partial charge in [0, 0.05) is 10.9 Å². The van der Waals surface area contributed by atoms with Crippen molar-refractivity contribution < 1.29 is 0 Å². The van der Waals surface area contributed by atoms with E-state index in [1.54, 1.807) is 0 Å². The molecule has 0 saturated carbocycles. The molecule has 1 rings (SSSR count). The van der Waals surface area contributed by atoms with E-state index in [0.717, 1.165) is 5.92 Å². The summed E-state index contributed by atoms with van der Waals surface area (Å²) >= 11 is 1.92. The Morgan fingerprint density at radius 1 is 1.20 bits per heavy atom. The van der Waals surface area contributed by atoms with E-state index < -0.39 is 0 Å². The molecule has 0 aliphatic rings. The van der Waals surface area contributed by atoms with Crippen molar-refractivity contribution >= 4 is 11.8 Å². The summed E-state index contributed by atoms with van der Waals surface area (Å²) in [5, 5.41) is 0. The molecule has 2 N–H and O–H groups in total. The standard InChI is InChI=1S/C13H21NS/c1-10(2)8-9-15-13-7-5-4-6-12(13)11(3)14/h4-7,10-11H,8-9,14H2,1-3H3. The zero-order valence-electron chi connectivity index (χ0n) is 9.86. The van der Waals surface area contributed by atoms with Crippen molar-refractivity contribution in [1.29, 1.82) is 0 Å². The molecule has 1 aromatic carbocycles. The Bertz CT molecular complexity index is 294. The quantitative estimate of drug-likeness (QED) is 0.767. The van der Waals surface area contributed by atoms with Gasteiger partial charge in [-0.1, -0.05) is 32.0 Å². The van der Waals surface area contributed by atoms with Crippen LogP contribution in [-0.4, -0.2) is 5.75 Å². The number of thioether (sulfide) groups is 1. The summed E-state index contributed by atoms with van der Waals surface area (Å²) in [7, 11) is 0. The Hall–Kier alpha value is -0.470. The predicted octanol–water partition coefficient (Wildman–Crippen LogP) is 3.84. The second-order valence-corrected chi connectivity index (χ2v) is 5.49. The predicted molar refractivity (Wildman–Crippen MR) is 69.2 cm³/mol. The minimum absolute atomic E-state index is 0.132. The van der Waals surface area contributed by atoms with Crippen LogP contribution in [0.4, 0.5) is 0 Å². The monoisotopic (exact) mass is 223 g/mol. The molecule has 1 unspecified atom stereocenters. The van der Waals surface area contributed by atoms with Crippen LogP contribution in [0.1, 0.15) is 38.8 Å². The Balaban J connectivity index is 2.59. The van der Waals surface area contributed by atoms with E-state index in [1.807, 2.05) is 18.7 Å². The molecule has 1 atom stereocenters. The SMILES string of the molecule is CC(C)CCSc1ccccc1C(C)N. The molecule has 0 aliphatic carbocycles. The third kappa shape index (κ3) is 4.27. The molecular formula is C13H21NS. The molecule has 0 heterocycles. The van der Waals surface area contributed by atoms with Crippen LogP contribution < -0.4 is 5.73 Å². The third-order valence-corrected chi connectivity index (χ3v) is 3.48. The first kappa shape index (κ1) is 12.6. The second-order valence-electron chi connectivity index (χ2n) is 4.36. The van der Waals surface area contributed by atoms with Crippen molar-refractivity contribution in [3.05, 3.63) is 29.8 Å². The van der Waals surface area contributed by atoms with Crippen molar-refractivity contribution in [2.45, 2.75) is 38.1 Å². The van der Waals surface area contributed by atoms with E-state index in [9.17, 15) is 0 Å². The van der Waals surface area contributed by atoms with Crippen LogP contribution in [0.2, 0.25) is 0 Å². The Morgan fingerprint density at radius 3 is 2.47 bits per heavy atom. The summed E-state index contributed by atoms with van der Waals surface area (Å²) in [6.45, 7) is 6.57. The van der Waals surface area contributed by atoms with Gasteiger partial charge < -0.3 is 5.73 Å². The molecule has 0 spiro atoms. The maximum absolute atomic E-state index is 5.93. The van der Waals surface area contributed by atoms with Crippen molar-refractivity contribution in [2.24, 2.45) is 11.7 Å². The van der Waals surface area contributed by atoms with Gasteiger partial charge in [0.15, 0.2) is 0 Å².